The van der Waals surface area contributed by atoms with E-state index in [1.165, 1.54) is 0 Å². The van der Waals surface area contributed by atoms with Crippen molar-refractivity contribution in [3.05, 3.63) is 63.4 Å². The van der Waals surface area contributed by atoms with Crippen LogP contribution in [0.1, 0.15) is 5.56 Å². The van der Waals surface area contributed by atoms with Crippen molar-refractivity contribution in [1.29, 1.82) is 0 Å². The number of rotatable bonds is 3. The minimum Gasteiger partial charge on any atom is -0.497 e. The summed E-state index contributed by atoms with van der Waals surface area (Å²) < 4.78 is 8.43. The highest BCUT2D eigenvalue weighted by Crippen LogP contribution is 2.30. The van der Waals surface area contributed by atoms with Crippen LogP contribution in [0.25, 0.3) is 17.1 Å². The first-order valence-corrected chi connectivity index (χ1v) is 9.37. The highest BCUT2D eigenvalue weighted by molar-refractivity contribution is 8.18. The van der Waals surface area contributed by atoms with E-state index in [1.54, 1.807) is 36.4 Å². The van der Waals surface area contributed by atoms with Crippen molar-refractivity contribution in [2.45, 2.75) is 0 Å². The lowest BCUT2D eigenvalue weighted by Gasteiger charge is -2.03. The van der Waals surface area contributed by atoms with Crippen LogP contribution in [0.5, 0.6) is 5.75 Å². The Morgan fingerprint density at radius 2 is 1.86 bits per heavy atom. The minimum absolute atomic E-state index is 0.0767. The molecule has 1 fully saturated rings. The van der Waals surface area contributed by atoms with Gasteiger partial charge in [-0.25, -0.2) is 9.79 Å². The van der Waals surface area contributed by atoms with Gasteiger partial charge in [0.2, 0.25) is 0 Å². The number of aryl methyl sites for hydroxylation is 2. The number of benzene rings is 2. The second-order valence-corrected chi connectivity index (χ2v) is 7.35. The first kappa shape index (κ1) is 18.1. The average molecular weight is 394 g/mol. The van der Waals surface area contributed by atoms with Crippen LogP contribution < -0.4 is 15.7 Å². The van der Waals surface area contributed by atoms with Gasteiger partial charge < -0.3 is 10.1 Å². The van der Waals surface area contributed by atoms with Crippen LogP contribution in [0.3, 0.4) is 0 Å². The zero-order valence-electron chi connectivity index (χ0n) is 15.6. The molecule has 0 atom stereocenters. The second-order valence-electron chi connectivity index (χ2n) is 6.33. The fourth-order valence-electron chi connectivity index (χ4n) is 3.09. The van der Waals surface area contributed by atoms with Gasteiger partial charge in [0.15, 0.2) is 0 Å². The summed E-state index contributed by atoms with van der Waals surface area (Å²) in [5.41, 5.74) is 3.17. The van der Waals surface area contributed by atoms with Crippen molar-refractivity contribution in [1.82, 2.24) is 14.5 Å². The van der Waals surface area contributed by atoms with Gasteiger partial charge in [0, 0.05) is 20.2 Å². The summed E-state index contributed by atoms with van der Waals surface area (Å²) in [5.74, 6) is 1.19. The van der Waals surface area contributed by atoms with Crippen LogP contribution in [0, 0.1) is 0 Å². The maximum absolute atomic E-state index is 12.1. The van der Waals surface area contributed by atoms with Crippen molar-refractivity contribution in [2.24, 2.45) is 19.1 Å². The number of thioether (sulfide) groups is 1. The van der Waals surface area contributed by atoms with E-state index < -0.39 is 0 Å². The number of fused-ring (bicyclic) bond motifs is 1. The number of nitrogens with zero attached hydrogens (tertiary/aromatic N) is 3. The molecule has 0 radical (unpaired) electrons. The van der Waals surface area contributed by atoms with Gasteiger partial charge >= 0.3 is 5.69 Å². The smallest absolute Gasteiger partial charge is 0.328 e. The molecule has 7 nitrogen and oxygen atoms in total. The first-order chi connectivity index (χ1) is 13.5. The van der Waals surface area contributed by atoms with E-state index in [2.05, 4.69) is 10.3 Å². The molecular weight excluding hydrogens is 376 g/mol. The average Bonchev–Trinajstić information content (AvgIpc) is 3.14. The van der Waals surface area contributed by atoms with Crippen LogP contribution >= 0.6 is 11.8 Å². The number of amidine groups is 1. The Kier molecular flexibility index (Phi) is 4.56. The topological polar surface area (TPSA) is 77.6 Å². The summed E-state index contributed by atoms with van der Waals surface area (Å²) >= 11 is 1.09. The number of nitrogens with one attached hydrogen (secondary N) is 1. The van der Waals surface area contributed by atoms with Gasteiger partial charge in [-0.3, -0.25) is 13.9 Å². The van der Waals surface area contributed by atoms with E-state index >= 15 is 0 Å². The van der Waals surface area contributed by atoms with Crippen molar-refractivity contribution in [3.8, 4) is 5.75 Å². The molecule has 1 aliphatic rings. The zero-order chi connectivity index (χ0) is 19.8. The van der Waals surface area contributed by atoms with Gasteiger partial charge in [-0.2, -0.15) is 0 Å². The van der Waals surface area contributed by atoms with E-state index in [4.69, 9.17) is 4.74 Å². The van der Waals surface area contributed by atoms with Crippen molar-refractivity contribution in [2.75, 3.05) is 7.11 Å². The maximum atomic E-state index is 12.1. The molecule has 142 valence electrons. The first-order valence-electron chi connectivity index (χ1n) is 8.55. The Morgan fingerprint density at radius 1 is 1.07 bits per heavy atom. The quantitative estimate of drug-likeness (QED) is 0.738. The summed E-state index contributed by atoms with van der Waals surface area (Å²) in [6.45, 7) is 0. The van der Waals surface area contributed by atoms with Gasteiger partial charge in [0.25, 0.3) is 5.24 Å². The molecule has 1 saturated heterocycles. The number of aromatic nitrogens is 2. The van der Waals surface area contributed by atoms with Crippen LogP contribution in [-0.4, -0.2) is 27.3 Å². The molecule has 0 aliphatic carbocycles. The number of amides is 1. The normalized spacial score (nSPS) is 16.9. The molecule has 0 unspecified atom stereocenters. The number of imidazole rings is 1. The molecule has 2 heterocycles. The molecule has 2 aromatic carbocycles. The molecule has 1 aliphatic heterocycles. The number of hydrogen-bond acceptors (Lipinski definition) is 5. The Morgan fingerprint density at radius 3 is 2.64 bits per heavy atom. The lowest BCUT2D eigenvalue weighted by Crippen LogP contribution is -2.19. The van der Waals surface area contributed by atoms with E-state index in [9.17, 15) is 9.59 Å². The molecule has 1 amide bonds. The summed E-state index contributed by atoms with van der Waals surface area (Å²) in [4.78, 5) is 29.3. The highest BCUT2D eigenvalue weighted by Gasteiger charge is 2.23. The van der Waals surface area contributed by atoms with Crippen LogP contribution in [0.15, 0.2) is 57.2 Å². The molecule has 0 saturated carbocycles. The van der Waals surface area contributed by atoms with Gasteiger partial charge in [0.05, 0.1) is 28.7 Å². The molecule has 4 rings (SSSR count). The van der Waals surface area contributed by atoms with E-state index in [0.717, 1.165) is 28.4 Å². The van der Waals surface area contributed by atoms with Crippen LogP contribution in [0.2, 0.25) is 0 Å². The van der Waals surface area contributed by atoms with Crippen LogP contribution in [-0.2, 0) is 14.1 Å². The summed E-state index contributed by atoms with van der Waals surface area (Å²) in [6.07, 6.45) is 1.89. The summed E-state index contributed by atoms with van der Waals surface area (Å²) in [5, 5.41) is 2.60. The predicted molar refractivity (Wildman–Crippen MR) is 112 cm³/mol. The van der Waals surface area contributed by atoms with Gasteiger partial charge in [0.1, 0.15) is 11.6 Å². The largest absolute Gasteiger partial charge is 0.497 e. The van der Waals surface area contributed by atoms with Gasteiger partial charge in [-0.15, -0.1) is 0 Å². The Bertz CT molecular complexity index is 1220. The summed E-state index contributed by atoms with van der Waals surface area (Å²) in [6, 6.07) is 13.1. The SMILES string of the molecule is COc1cccc(N=C2NC(=O)SC2=Cc2ccc3c(c2)n(C)c(=O)n3C)c1. The highest BCUT2D eigenvalue weighted by atomic mass is 32.2. The molecular formula is C20H18N4O3S. The lowest BCUT2D eigenvalue weighted by molar-refractivity contribution is 0.265. The molecule has 0 spiro atoms. The van der Waals surface area contributed by atoms with Crippen molar-refractivity contribution >= 4 is 45.6 Å². The van der Waals surface area contributed by atoms with Crippen molar-refractivity contribution < 1.29 is 9.53 Å². The third-order valence-corrected chi connectivity index (χ3v) is 5.36. The number of hydrogen-bond donors (Lipinski definition) is 1. The molecule has 1 N–H and O–H groups in total. The third-order valence-electron chi connectivity index (χ3n) is 4.54. The monoisotopic (exact) mass is 394 g/mol. The third kappa shape index (κ3) is 3.22. The standard InChI is InChI=1S/C20H18N4O3S/c1-23-15-8-7-12(9-16(15)24(2)20(23)26)10-17-18(22-19(25)28-17)21-13-5-4-6-14(11-13)27-3/h4-11H,1-3H3,(H,21,22,25). The Balaban J connectivity index is 1.75. The molecule has 8 heteroatoms. The predicted octanol–water partition coefficient (Wildman–Crippen LogP) is 3.41. The van der Waals surface area contributed by atoms with Crippen LogP contribution in [0.4, 0.5) is 10.5 Å². The molecule has 28 heavy (non-hydrogen) atoms. The number of carbonyl (C=O) groups excluding carboxylic acids is 1. The minimum atomic E-state index is -0.180. The van der Waals surface area contributed by atoms with E-state index in [-0.39, 0.29) is 10.9 Å². The number of ether oxygens (including phenoxy) is 1. The molecule has 3 aromatic rings. The zero-order valence-corrected chi connectivity index (χ0v) is 16.4. The molecule has 1 aromatic heterocycles. The summed E-state index contributed by atoms with van der Waals surface area (Å²) in [7, 11) is 5.08. The number of methoxy groups -OCH3 is 1. The molecule has 0 bridgehead atoms. The fourth-order valence-corrected chi connectivity index (χ4v) is 3.82. The lowest BCUT2D eigenvalue weighted by atomic mass is 10.2. The van der Waals surface area contributed by atoms with E-state index in [1.807, 2.05) is 42.5 Å². The number of carbonyl (C=O) groups is 1. The maximum Gasteiger partial charge on any atom is 0.328 e. The Labute approximate surface area is 165 Å². The van der Waals surface area contributed by atoms with Gasteiger partial charge in [-0.05, 0) is 47.7 Å². The fraction of sp³-hybridized carbons (Fsp3) is 0.150. The van der Waals surface area contributed by atoms with Gasteiger partial charge in [-0.1, -0.05) is 12.1 Å². The Hall–Kier alpha value is -3.26. The van der Waals surface area contributed by atoms with Crippen molar-refractivity contribution in [3.63, 3.8) is 0 Å². The second kappa shape index (κ2) is 7.05. The number of aliphatic imine (C=N–C) groups is 1. The van der Waals surface area contributed by atoms with E-state index in [0.29, 0.717) is 22.2 Å².